The minimum Gasteiger partial charge on any atom is -0.452 e. The van der Waals surface area contributed by atoms with Crippen molar-refractivity contribution in [1.82, 2.24) is 0 Å². The highest BCUT2D eigenvalue weighted by Crippen LogP contribution is 2.27. The number of rotatable bonds is 8. The number of carbonyl (C=O) groups excluding carboxylic acids is 3. The van der Waals surface area contributed by atoms with Crippen LogP contribution in [0.1, 0.15) is 20.7 Å². The largest absolute Gasteiger partial charge is 0.452 e. The second kappa shape index (κ2) is 9.81. The fourth-order valence-electron chi connectivity index (χ4n) is 2.45. The van der Waals surface area contributed by atoms with Crippen molar-refractivity contribution >= 4 is 62.1 Å². The zero-order chi connectivity index (χ0) is 23.3. The van der Waals surface area contributed by atoms with Crippen molar-refractivity contribution in [3.8, 4) is 0 Å². The Kier molecular flexibility index (Phi) is 7.13. The normalized spacial score (nSPS) is 10.9. The predicted molar refractivity (Wildman–Crippen MR) is 120 cm³/mol. The molecule has 0 saturated carbocycles. The monoisotopic (exact) mass is 493 g/mol. The number of primary amides is 1. The van der Waals surface area contributed by atoms with Gasteiger partial charge in [-0.3, -0.25) is 14.3 Å². The molecule has 0 bridgehead atoms. The Morgan fingerprint density at radius 3 is 2.06 bits per heavy atom. The molecule has 1 heterocycles. The van der Waals surface area contributed by atoms with Crippen LogP contribution in [0.3, 0.4) is 0 Å². The van der Waals surface area contributed by atoms with E-state index < -0.39 is 34.4 Å². The number of nitrogens with one attached hydrogen (secondary N) is 2. The molecule has 166 valence electrons. The molecule has 0 fully saturated rings. The molecule has 0 spiro atoms. The molecule has 2 amide bonds. The van der Waals surface area contributed by atoms with E-state index in [-0.39, 0.29) is 15.5 Å². The summed E-state index contributed by atoms with van der Waals surface area (Å²) in [5, 5.41) is 2.51. The molecule has 3 rings (SSSR count). The topological polar surface area (TPSA) is 145 Å². The third-order valence-corrected chi connectivity index (χ3v) is 7.08. The quantitative estimate of drug-likeness (QED) is 0.411. The molecule has 0 saturated heterocycles. The van der Waals surface area contributed by atoms with Crippen LogP contribution in [0.25, 0.3) is 0 Å². The van der Waals surface area contributed by atoms with Gasteiger partial charge in [0, 0.05) is 16.9 Å². The molecule has 3 aromatic rings. The van der Waals surface area contributed by atoms with E-state index >= 15 is 0 Å². The minimum atomic E-state index is -3.80. The van der Waals surface area contributed by atoms with Gasteiger partial charge in [-0.1, -0.05) is 11.6 Å². The summed E-state index contributed by atoms with van der Waals surface area (Å²) < 4.78 is 32.3. The second-order valence-electron chi connectivity index (χ2n) is 6.31. The second-order valence-corrected chi connectivity index (χ2v) is 9.93. The molecule has 4 N–H and O–H groups in total. The van der Waals surface area contributed by atoms with Crippen LogP contribution in [-0.4, -0.2) is 32.8 Å². The maximum atomic E-state index is 12.3. The first-order chi connectivity index (χ1) is 15.1. The predicted octanol–water partition coefficient (Wildman–Crippen LogP) is 3.10. The van der Waals surface area contributed by atoms with Crippen LogP contribution in [-0.2, 0) is 19.6 Å². The molecule has 9 nitrogen and oxygen atoms in total. The number of carbonyl (C=O) groups is 3. The Morgan fingerprint density at radius 1 is 0.906 bits per heavy atom. The number of sulfonamides is 1. The number of hydrogen-bond donors (Lipinski definition) is 3. The Labute approximate surface area is 192 Å². The van der Waals surface area contributed by atoms with Gasteiger partial charge in [0.2, 0.25) is 5.91 Å². The molecule has 32 heavy (non-hydrogen) atoms. The van der Waals surface area contributed by atoms with Gasteiger partial charge in [-0.05, 0) is 60.7 Å². The van der Waals surface area contributed by atoms with Gasteiger partial charge in [-0.25, -0.2) is 13.2 Å². The molecular weight excluding hydrogens is 478 g/mol. The number of nitrogens with two attached hydrogens (primary N) is 1. The molecule has 0 unspecified atom stereocenters. The highest BCUT2D eigenvalue weighted by atomic mass is 35.5. The van der Waals surface area contributed by atoms with Crippen LogP contribution in [0.2, 0.25) is 4.34 Å². The van der Waals surface area contributed by atoms with Crippen LogP contribution in [0.15, 0.2) is 64.9 Å². The third kappa shape index (κ3) is 6.06. The van der Waals surface area contributed by atoms with Crippen LogP contribution in [0, 0.1) is 0 Å². The Bertz CT molecular complexity index is 1260. The first-order valence-corrected chi connectivity index (χ1v) is 11.6. The number of anilines is 2. The molecule has 1 aromatic heterocycles. The Hall–Kier alpha value is -3.41. The number of benzene rings is 2. The van der Waals surface area contributed by atoms with Crippen molar-refractivity contribution in [2.75, 3.05) is 16.6 Å². The lowest BCUT2D eigenvalue weighted by Crippen LogP contribution is -2.21. The first-order valence-electron chi connectivity index (χ1n) is 8.89. The standard InChI is InChI=1S/C20H16ClN3O6S2/c21-16-9-10-18(31-16)32(28,29)24-15-7-3-13(4-8-15)20(27)30-11-17(25)23-14-5-1-12(2-6-14)19(22)26/h1-10,24H,11H2,(H2,22,26)(H,23,25). The van der Waals surface area contributed by atoms with Gasteiger partial charge in [0.15, 0.2) is 6.61 Å². The smallest absolute Gasteiger partial charge is 0.338 e. The fourth-order valence-corrected chi connectivity index (χ4v) is 4.99. The number of thiophene rings is 1. The summed E-state index contributed by atoms with van der Waals surface area (Å²) in [7, 11) is -3.80. The lowest BCUT2D eigenvalue weighted by Gasteiger charge is -2.08. The number of amides is 2. The zero-order valence-electron chi connectivity index (χ0n) is 16.2. The Morgan fingerprint density at radius 2 is 1.50 bits per heavy atom. The van der Waals surface area contributed by atoms with Crippen LogP contribution >= 0.6 is 22.9 Å². The molecule has 12 heteroatoms. The molecular formula is C20H16ClN3O6S2. The molecule has 0 aliphatic heterocycles. The van der Waals surface area contributed by atoms with Gasteiger partial charge >= 0.3 is 5.97 Å². The number of halogens is 1. The summed E-state index contributed by atoms with van der Waals surface area (Å²) in [6.45, 7) is -0.538. The molecule has 0 atom stereocenters. The van der Waals surface area contributed by atoms with Crippen molar-refractivity contribution in [3.63, 3.8) is 0 Å². The maximum absolute atomic E-state index is 12.3. The van der Waals surface area contributed by atoms with Gasteiger partial charge in [0.25, 0.3) is 15.9 Å². The van der Waals surface area contributed by atoms with Gasteiger partial charge in [-0.2, -0.15) is 0 Å². The highest BCUT2D eigenvalue weighted by molar-refractivity contribution is 7.94. The van der Waals surface area contributed by atoms with Gasteiger partial charge < -0.3 is 15.8 Å². The van der Waals surface area contributed by atoms with Crippen LogP contribution < -0.4 is 15.8 Å². The summed E-state index contributed by atoms with van der Waals surface area (Å²) >= 11 is 6.69. The first kappa shape index (κ1) is 23.3. The number of esters is 1. The lowest BCUT2D eigenvalue weighted by atomic mass is 10.2. The summed E-state index contributed by atoms with van der Waals surface area (Å²) in [5.74, 6) is -1.93. The zero-order valence-corrected chi connectivity index (χ0v) is 18.6. The minimum absolute atomic E-state index is 0.0567. The van der Waals surface area contributed by atoms with Gasteiger partial charge in [0.05, 0.1) is 9.90 Å². The van der Waals surface area contributed by atoms with Crippen LogP contribution in [0.5, 0.6) is 0 Å². The fraction of sp³-hybridized carbons (Fsp3) is 0.0500. The lowest BCUT2D eigenvalue weighted by molar-refractivity contribution is -0.119. The van der Waals surface area contributed by atoms with Crippen molar-refractivity contribution in [1.29, 1.82) is 0 Å². The third-order valence-electron chi connectivity index (χ3n) is 3.97. The average molecular weight is 494 g/mol. The van der Waals surface area contributed by atoms with E-state index in [4.69, 9.17) is 22.1 Å². The molecule has 0 radical (unpaired) electrons. The summed E-state index contributed by atoms with van der Waals surface area (Å²) in [4.78, 5) is 35.1. The van der Waals surface area contributed by atoms with Crippen LogP contribution in [0.4, 0.5) is 11.4 Å². The van der Waals surface area contributed by atoms with E-state index in [0.717, 1.165) is 11.3 Å². The number of hydrogen-bond acceptors (Lipinski definition) is 7. The van der Waals surface area contributed by atoms with Crippen molar-refractivity contribution in [2.24, 2.45) is 5.73 Å². The van der Waals surface area contributed by atoms with Crippen molar-refractivity contribution < 1.29 is 27.5 Å². The van der Waals surface area contributed by atoms with Crippen molar-refractivity contribution in [3.05, 3.63) is 76.1 Å². The van der Waals surface area contributed by atoms with E-state index in [1.54, 1.807) is 0 Å². The maximum Gasteiger partial charge on any atom is 0.338 e. The molecule has 0 aliphatic carbocycles. The molecule has 2 aromatic carbocycles. The highest BCUT2D eigenvalue weighted by Gasteiger charge is 2.17. The summed E-state index contributed by atoms with van der Waals surface area (Å²) in [6, 6.07) is 14.3. The van der Waals surface area contributed by atoms with Gasteiger partial charge in [0.1, 0.15) is 4.21 Å². The summed E-state index contributed by atoms with van der Waals surface area (Å²) in [6.07, 6.45) is 0. The van der Waals surface area contributed by atoms with E-state index in [1.807, 2.05) is 0 Å². The van der Waals surface area contributed by atoms with E-state index in [0.29, 0.717) is 15.6 Å². The number of ether oxygens (including phenoxy) is 1. The van der Waals surface area contributed by atoms with E-state index in [9.17, 15) is 22.8 Å². The Balaban J connectivity index is 1.53. The average Bonchev–Trinajstić information content (AvgIpc) is 3.20. The SMILES string of the molecule is NC(=O)c1ccc(NC(=O)COC(=O)c2ccc(NS(=O)(=O)c3ccc(Cl)s3)cc2)cc1. The van der Waals surface area contributed by atoms with Gasteiger partial charge in [-0.15, -0.1) is 11.3 Å². The summed E-state index contributed by atoms with van der Waals surface area (Å²) in [5.41, 5.74) is 6.21. The van der Waals surface area contributed by atoms with E-state index in [1.165, 1.54) is 60.7 Å². The van der Waals surface area contributed by atoms with E-state index in [2.05, 4.69) is 10.0 Å². The van der Waals surface area contributed by atoms with Crippen molar-refractivity contribution in [2.45, 2.75) is 4.21 Å². The molecule has 0 aliphatic rings.